The standard InChI is InChI=1S/C12H19N/c1-5-6-9(2)12-10(3)7-8-11(4)13-12/h7-9H,5-6H2,1-4H3. The highest BCUT2D eigenvalue weighted by molar-refractivity contribution is 5.23. The predicted molar refractivity (Wildman–Crippen MR) is 57.0 cm³/mol. The normalized spacial score (nSPS) is 12.9. The molecule has 72 valence electrons. The van der Waals surface area contributed by atoms with Crippen molar-refractivity contribution in [1.29, 1.82) is 0 Å². The smallest absolute Gasteiger partial charge is 0.0464 e. The van der Waals surface area contributed by atoms with Crippen LogP contribution >= 0.6 is 0 Å². The quantitative estimate of drug-likeness (QED) is 0.687. The molecule has 0 saturated carbocycles. The van der Waals surface area contributed by atoms with Crippen molar-refractivity contribution >= 4 is 0 Å². The van der Waals surface area contributed by atoms with Crippen LogP contribution in [0.15, 0.2) is 12.1 Å². The molecule has 1 unspecified atom stereocenters. The third-order valence-electron chi connectivity index (χ3n) is 2.46. The van der Waals surface area contributed by atoms with Gasteiger partial charge >= 0.3 is 0 Å². The summed E-state index contributed by atoms with van der Waals surface area (Å²) < 4.78 is 0. The van der Waals surface area contributed by atoms with E-state index in [9.17, 15) is 0 Å². The molecule has 0 N–H and O–H groups in total. The molecule has 1 rings (SSSR count). The lowest BCUT2D eigenvalue weighted by Crippen LogP contribution is -2.01. The summed E-state index contributed by atoms with van der Waals surface area (Å²) in [7, 11) is 0. The van der Waals surface area contributed by atoms with Crippen molar-refractivity contribution < 1.29 is 0 Å². The Labute approximate surface area is 81.2 Å². The molecule has 0 amide bonds. The first-order chi connectivity index (χ1) is 6.15. The molecule has 13 heavy (non-hydrogen) atoms. The minimum Gasteiger partial charge on any atom is -0.258 e. The summed E-state index contributed by atoms with van der Waals surface area (Å²) in [6.07, 6.45) is 2.47. The van der Waals surface area contributed by atoms with Gasteiger partial charge in [-0.3, -0.25) is 4.98 Å². The topological polar surface area (TPSA) is 12.9 Å². The van der Waals surface area contributed by atoms with Crippen molar-refractivity contribution in [2.45, 2.75) is 46.5 Å². The van der Waals surface area contributed by atoms with Gasteiger partial charge in [0, 0.05) is 11.4 Å². The van der Waals surface area contributed by atoms with Crippen molar-refractivity contribution in [1.82, 2.24) is 4.98 Å². The summed E-state index contributed by atoms with van der Waals surface area (Å²) in [5, 5.41) is 0. The molecule has 0 saturated heterocycles. The zero-order valence-electron chi connectivity index (χ0n) is 9.09. The predicted octanol–water partition coefficient (Wildman–Crippen LogP) is 3.60. The van der Waals surface area contributed by atoms with E-state index in [1.165, 1.54) is 24.1 Å². The first-order valence-electron chi connectivity index (χ1n) is 5.09. The average Bonchev–Trinajstić information content (AvgIpc) is 2.09. The van der Waals surface area contributed by atoms with Gasteiger partial charge in [-0.1, -0.05) is 26.3 Å². The van der Waals surface area contributed by atoms with Gasteiger partial charge in [0.1, 0.15) is 0 Å². The second-order valence-electron chi connectivity index (χ2n) is 3.84. The van der Waals surface area contributed by atoms with Gasteiger partial charge in [-0.15, -0.1) is 0 Å². The van der Waals surface area contributed by atoms with Crippen LogP contribution in [0.25, 0.3) is 0 Å². The molecule has 0 aromatic carbocycles. The Kier molecular flexibility index (Phi) is 3.47. The molecule has 0 bridgehead atoms. The van der Waals surface area contributed by atoms with Crippen LogP contribution in [-0.4, -0.2) is 4.98 Å². The van der Waals surface area contributed by atoms with Gasteiger partial charge in [0.2, 0.25) is 0 Å². The lowest BCUT2D eigenvalue weighted by Gasteiger charge is -2.12. The summed E-state index contributed by atoms with van der Waals surface area (Å²) in [5.74, 6) is 0.602. The fraction of sp³-hybridized carbons (Fsp3) is 0.583. The van der Waals surface area contributed by atoms with Gasteiger partial charge in [0.15, 0.2) is 0 Å². The maximum absolute atomic E-state index is 4.59. The maximum Gasteiger partial charge on any atom is 0.0464 e. The fourth-order valence-corrected chi connectivity index (χ4v) is 1.72. The molecule has 0 radical (unpaired) electrons. The van der Waals surface area contributed by atoms with Crippen LogP contribution < -0.4 is 0 Å². The molecule has 1 aromatic rings. The van der Waals surface area contributed by atoms with Gasteiger partial charge in [0.25, 0.3) is 0 Å². The van der Waals surface area contributed by atoms with Crippen LogP contribution in [-0.2, 0) is 0 Å². The van der Waals surface area contributed by atoms with Crippen molar-refractivity contribution in [3.8, 4) is 0 Å². The molecule has 0 spiro atoms. The molecule has 0 aliphatic rings. The lowest BCUT2D eigenvalue weighted by molar-refractivity contribution is 0.641. The molecular weight excluding hydrogens is 158 g/mol. The highest BCUT2D eigenvalue weighted by atomic mass is 14.7. The largest absolute Gasteiger partial charge is 0.258 e. The summed E-state index contributed by atoms with van der Waals surface area (Å²) in [4.78, 5) is 4.59. The third kappa shape index (κ3) is 2.55. The highest BCUT2D eigenvalue weighted by Crippen LogP contribution is 2.21. The molecule has 1 heteroatoms. The molecule has 1 aromatic heterocycles. The Morgan fingerprint density at radius 1 is 1.31 bits per heavy atom. The molecule has 1 heterocycles. The summed E-state index contributed by atoms with van der Waals surface area (Å²) >= 11 is 0. The summed E-state index contributed by atoms with van der Waals surface area (Å²) in [6.45, 7) is 8.69. The highest BCUT2D eigenvalue weighted by Gasteiger charge is 2.08. The van der Waals surface area contributed by atoms with E-state index in [1.54, 1.807) is 0 Å². The molecule has 0 aliphatic carbocycles. The zero-order valence-corrected chi connectivity index (χ0v) is 9.09. The van der Waals surface area contributed by atoms with E-state index in [-0.39, 0.29) is 0 Å². The number of aryl methyl sites for hydroxylation is 2. The monoisotopic (exact) mass is 177 g/mol. The van der Waals surface area contributed by atoms with Gasteiger partial charge in [0.05, 0.1) is 0 Å². The molecule has 1 nitrogen and oxygen atoms in total. The number of hydrogen-bond acceptors (Lipinski definition) is 1. The first-order valence-corrected chi connectivity index (χ1v) is 5.09. The third-order valence-corrected chi connectivity index (χ3v) is 2.46. The minimum atomic E-state index is 0.602. The average molecular weight is 177 g/mol. The SMILES string of the molecule is CCCC(C)c1nc(C)ccc1C. The fourth-order valence-electron chi connectivity index (χ4n) is 1.72. The van der Waals surface area contributed by atoms with E-state index in [4.69, 9.17) is 0 Å². The van der Waals surface area contributed by atoms with Crippen LogP contribution in [0.2, 0.25) is 0 Å². The second kappa shape index (κ2) is 4.40. The number of nitrogens with zero attached hydrogens (tertiary/aromatic N) is 1. The van der Waals surface area contributed by atoms with E-state index < -0.39 is 0 Å². The lowest BCUT2D eigenvalue weighted by atomic mass is 9.98. The minimum absolute atomic E-state index is 0.602. The number of pyridine rings is 1. The number of aromatic nitrogens is 1. The van der Waals surface area contributed by atoms with Gasteiger partial charge in [-0.2, -0.15) is 0 Å². The molecule has 0 fully saturated rings. The van der Waals surface area contributed by atoms with E-state index in [2.05, 4.69) is 44.8 Å². The molecule has 1 atom stereocenters. The number of hydrogen-bond donors (Lipinski definition) is 0. The van der Waals surface area contributed by atoms with Crippen LogP contribution in [0.5, 0.6) is 0 Å². The molecule has 0 aliphatic heterocycles. The number of rotatable bonds is 3. The van der Waals surface area contributed by atoms with Crippen LogP contribution in [0.3, 0.4) is 0 Å². The summed E-state index contributed by atoms with van der Waals surface area (Å²) in [6, 6.07) is 4.25. The first kappa shape index (κ1) is 10.2. The molecular formula is C12H19N. The van der Waals surface area contributed by atoms with Crippen LogP contribution in [0.4, 0.5) is 0 Å². The Hall–Kier alpha value is -0.850. The van der Waals surface area contributed by atoms with E-state index in [0.29, 0.717) is 5.92 Å². The van der Waals surface area contributed by atoms with Crippen molar-refractivity contribution in [2.24, 2.45) is 0 Å². The second-order valence-corrected chi connectivity index (χ2v) is 3.84. The van der Waals surface area contributed by atoms with E-state index in [1.807, 2.05) is 0 Å². The Morgan fingerprint density at radius 2 is 2.00 bits per heavy atom. The van der Waals surface area contributed by atoms with Gasteiger partial charge in [-0.25, -0.2) is 0 Å². The Bertz CT molecular complexity index is 278. The van der Waals surface area contributed by atoms with E-state index >= 15 is 0 Å². The Morgan fingerprint density at radius 3 is 2.62 bits per heavy atom. The Balaban J connectivity index is 2.91. The van der Waals surface area contributed by atoms with Crippen molar-refractivity contribution in [3.05, 3.63) is 29.1 Å². The summed E-state index contributed by atoms with van der Waals surface area (Å²) in [5.41, 5.74) is 3.73. The van der Waals surface area contributed by atoms with Gasteiger partial charge in [-0.05, 0) is 37.8 Å². The van der Waals surface area contributed by atoms with Crippen LogP contribution in [0.1, 0.15) is 49.6 Å². The maximum atomic E-state index is 4.59. The van der Waals surface area contributed by atoms with Crippen molar-refractivity contribution in [2.75, 3.05) is 0 Å². The van der Waals surface area contributed by atoms with E-state index in [0.717, 1.165) is 5.69 Å². The van der Waals surface area contributed by atoms with Crippen LogP contribution in [0, 0.1) is 13.8 Å². The van der Waals surface area contributed by atoms with Gasteiger partial charge < -0.3 is 0 Å². The van der Waals surface area contributed by atoms with Crippen molar-refractivity contribution in [3.63, 3.8) is 0 Å². The zero-order chi connectivity index (χ0) is 9.84.